The molecule has 8 heteroatoms. The van der Waals surface area contributed by atoms with Gasteiger partial charge in [-0.05, 0) is 6.92 Å². The van der Waals surface area contributed by atoms with E-state index in [1.807, 2.05) is 0 Å². The molecule has 0 saturated heterocycles. The van der Waals surface area contributed by atoms with E-state index in [-0.39, 0.29) is 40.6 Å². The minimum Gasteiger partial charge on any atom is -1.00 e. The summed E-state index contributed by atoms with van der Waals surface area (Å²) in [4.78, 5) is 10.1. The Balaban J connectivity index is -0.000000135. The predicted octanol–water partition coefficient (Wildman–Crippen LogP) is -1.44. The second kappa shape index (κ2) is 5.28. The standard InChI is InChI=1S/C3H6O6S.Ca.2H/c1-2(4)3(5)9-10(6,7)8;;;/h2,4H,1H3,(H,6,7,8);;;/q;+2;2*-1. The van der Waals surface area contributed by atoms with Crippen molar-refractivity contribution in [2.75, 3.05) is 0 Å². The van der Waals surface area contributed by atoms with Gasteiger partial charge in [-0.25, -0.2) is 4.79 Å². The molecule has 64 valence electrons. The van der Waals surface area contributed by atoms with Crippen molar-refractivity contribution >= 4 is 54.1 Å². The van der Waals surface area contributed by atoms with Crippen molar-refractivity contribution in [2.24, 2.45) is 0 Å². The summed E-state index contributed by atoms with van der Waals surface area (Å²) >= 11 is 0. The van der Waals surface area contributed by atoms with Gasteiger partial charge in [0.05, 0.1) is 0 Å². The summed E-state index contributed by atoms with van der Waals surface area (Å²) in [5, 5.41) is 8.33. The number of hydrogen-bond donors (Lipinski definition) is 2. The summed E-state index contributed by atoms with van der Waals surface area (Å²) in [6, 6.07) is 0. The molecule has 0 heterocycles. The molecule has 0 radical (unpaired) electrons. The average molecular weight is 212 g/mol. The third kappa shape index (κ3) is 8.51. The van der Waals surface area contributed by atoms with Crippen LogP contribution in [0.3, 0.4) is 0 Å². The van der Waals surface area contributed by atoms with Crippen LogP contribution in [0, 0.1) is 0 Å². The Morgan fingerprint density at radius 1 is 1.64 bits per heavy atom. The Hall–Kier alpha value is 0.600. The second-order valence-corrected chi connectivity index (χ2v) is 2.53. The molecular formula is C3H8CaO6S. The molecule has 1 atom stereocenters. The van der Waals surface area contributed by atoms with Crippen LogP contribution in [-0.4, -0.2) is 67.9 Å². The van der Waals surface area contributed by atoms with Crippen molar-refractivity contribution in [2.45, 2.75) is 13.0 Å². The number of aliphatic hydroxyl groups excluding tert-OH is 1. The Labute approximate surface area is 96.5 Å². The Morgan fingerprint density at radius 3 is 2.09 bits per heavy atom. The Bertz CT molecular complexity index is 226. The molecule has 1 unspecified atom stereocenters. The Morgan fingerprint density at radius 2 is 2.00 bits per heavy atom. The second-order valence-electron chi connectivity index (χ2n) is 1.51. The van der Waals surface area contributed by atoms with Crippen LogP contribution < -0.4 is 0 Å². The number of carbonyl (C=O) groups excluding carboxylic acids is 1. The molecule has 0 rings (SSSR count). The topological polar surface area (TPSA) is 101 Å². The third-order valence-electron chi connectivity index (χ3n) is 0.529. The van der Waals surface area contributed by atoms with Gasteiger partial charge in [-0.3, -0.25) is 4.55 Å². The zero-order valence-electron chi connectivity index (χ0n) is 7.72. The molecule has 2 N–H and O–H groups in total. The largest absolute Gasteiger partial charge is 2.00 e. The zero-order chi connectivity index (χ0) is 8.36. The SMILES string of the molecule is CC(O)C(=O)OS(=O)(=O)O.[Ca+2].[H-].[H-]. The van der Waals surface area contributed by atoms with E-state index in [1.54, 1.807) is 0 Å². The van der Waals surface area contributed by atoms with Gasteiger partial charge >= 0.3 is 54.1 Å². The molecule has 0 aromatic heterocycles. The summed E-state index contributed by atoms with van der Waals surface area (Å²) < 4.78 is 30.7. The monoisotopic (exact) mass is 212 g/mol. The van der Waals surface area contributed by atoms with Gasteiger partial charge in [0.15, 0.2) is 0 Å². The van der Waals surface area contributed by atoms with Gasteiger partial charge in [-0.15, -0.1) is 0 Å². The normalized spacial score (nSPS) is 13.0. The molecular weight excluding hydrogens is 204 g/mol. The molecule has 0 aliphatic heterocycles. The van der Waals surface area contributed by atoms with Gasteiger partial charge in [0, 0.05) is 0 Å². The van der Waals surface area contributed by atoms with Crippen molar-refractivity contribution in [3.8, 4) is 0 Å². The quantitative estimate of drug-likeness (QED) is 0.429. The van der Waals surface area contributed by atoms with Crippen molar-refractivity contribution in [1.29, 1.82) is 0 Å². The average Bonchev–Trinajstić information content (AvgIpc) is 1.60. The van der Waals surface area contributed by atoms with Crippen LogP contribution >= 0.6 is 0 Å². The fourth-order valence-corrected chi connectivity index (χ4v) is 0.520. The number of aliphatic hydroxyl groups is 1. The van der Waals surface area contributed by atoms with Crippen LogP contribution in [0.1, 0.15) is 9.78 Å². The van der Waals surface area contributed by atoms with E-state index >= 15 is 0 Å². The first-order chi connectivity index (χ1) is 4.33. The summed E-state index contributed by atoms with van der Waals surface area (Å²) in [7, 11) is -4.78. The molecule has 0 amide bonds. The number of rotatable bonds is 2. The summed E-state index contributed by atoms with van der Waals surface area (Å²) in [6.45, 7) is 1.01. The fraction of sp³-hybridized carbons (Fsp3) is 0.667. The van der Waals surface area contributed by atoms with Crippen LogP contribution in [0.25, 0.3) is 0 Å². The van der Waals surface area contributed by atoms with Crippen LogP contribution in [0.15, 0.2) is 0 Å². The summed E-state index contributed by atoms with van der Waals surface area (Å²) in [6.07, 6.45) is -1.57. The van der Waals surface area contributed by atoms with E-state index < -0.39 is 22.5 Å². The van der Waals surface area contributed by atoms with Crippen LogP contribution in [-0.2, 0) is 19.4 Å². The van der Waals surface area contributed by atoms with Crippen molar-refractivity contribution in [1.82, 2.24) is 0 Å². The maximum atomic E-state index is 10.1. The fourth-order valence-electron chi connectivity index (χ4n) is 0.173. The van der Waals surface area contributed by atoms with Crippen molar-refractivity contribution in [3.05, 3.63) is 0 Å². The van der Waals surface area contributed by atoms with Gasteiger partial charge in [0.1, 0.15) is 6.10 Å². The first-order valence-corrected chi connectivity index (χ1v) is 3.58. The molecule has 0 aromatic rings. The first-order valence-electron chi connectivity index (χ1n) is 2.22. The van der Waals surface area contributed by atoms with E-state index in [0.717, 1.165) is 6.92 Å². The summed E-state index contributed by atoms with van der Waals surface area (Å²) in [5.74, 6) is -1.41. The number of carbonyl (C=O) groups is 1. The molecule has 0 aromatic carbocycles. The minimum absolute atomic E-state index is 0. The molecule has 0 saturated carbocycles. The maximum Gasteiger partial charge on any atom is 2.00 e. The molecule has 11 heavy (non-hydrogen) atoms. The van der Waals surface area contributed by atoms with Crippen molar-refractivity contribution in [3.63, 3.8) is 0 Å². The summed E-state index contributed by atoms with van der Waals surface area (Å²) in [5.41, 5.74) is 0. The van der Waals surface area contributed by atoms with Gasteiger partial charge < -0.3 is 12.1 Å². The first kappa shape index (κ1) is 14.1. The molecule has 0 fully saturated rings. The zero-order valence-corrected chi connectivity index (χ0v) is 8.74. The maximum absolute atomic E-state index is 10.1. The molecule has 6 nitrogen and oxygen atoms in total. The van der Waals surface area contributed by atoms with E-state index in [2.05, 4.69) is 4.18 Å². The van der Waals surface area contributed by atoms with Gasteiger partial charge in [-0.2, -0.15) is 8.42 Å². The Kier molecular flexibility index (Phi) is 6.79. The minimum atomic E-state index is -4.78. The molecule has 0 aliphatic rings. The van der Waals surface area contributed by atoms with E-state index in [0.29, 0.717) is 0 Å². The predicted molar refractivity (Wildman–Crippen MR) is 37.3 cm³/mol. The third-order valence-corrected chi connectivity index (χ3v) is 0.903. The molecule has 0 spiro atoms. The van der Waals surface area contributed by atoms with Gasteiger partial charge in [0.2, 0.25) is 0 Å². The van der Waals surface area contributed by atoms with Crippen LogP contribution in [0.5, 0.6) is 0 Å². The van der Waals surface area contributed by atoms with Crippen LogP contribution in [0.2, 0.25) is 0 Å². The van der Waals surface area contributed by atoms with Crippen molar-refractivity contribution < 1.29 is 29.9 Å². The number of hydrogen-bond acceptors (Lipinski definition) is 5. The smallest absolute Gasteiger partial charge is 1.00 e. The van der Waals surface area contributed by atoms with E-state index in [1.165, 1.54) is 0 Å². The van der Waals surface area contributed by atoms with E-state index in [4.69, 9.17) is 9.66 Å². The molecule has 0 aliphatic carbocycles. The van der Waals surface area contributed by atoms with Crippen LogP contribution in [0.4, 0.5) is 0 Å². The van der Waals surface area contributed by atoms with E-state index in [9.17, 15) is 13.2 Å². The van der Waals surface area contributed by atoms with Gasteiger partial charge in [-0.1, -0.05) is 0 Å². The molecule has 0 bridgehead atoms. The van der Waals surface area contributed by atoms with Gasteiger partial charge in [0.25, 0.3) is 0 Å².